The highest BCUT2D eigenvalue weighted by Crippen LogP contribution is 2.24. The Morgan fingerprint density at radius 3 is 2.80 bits per heavy atom. The van der Waals surface area contributed by atoms with Gasteiger partial charge in [0.25, 0.3) is 5.91 Å². The fourth-order valence-corrected chi connectivity index (χ4v) is 1.84. The van der Waals surface area contributed by atoms with Gasteiger partial charge in [-0.15, -0.1) is 0 Å². The number of nitrogens with one attached hydrogen (secondary N) is 2. The molecule has 5 nitrogen and oxygen atoms in total. The SMILES string of the molecule is O=C(NCCNc1ccccn1)c1ccc(Br)c(O)c1. The van der Waals surface area contributed by atoms with Crippen molar-refractivity contribution in [1.82, 2.24) is 10.3 Å². The molecule has 0 aliphatic rings. The van der Waals surface area contributed by atoms with Crippen LogP contribution in [0.3, 0.4) is 0 Å². The van der Waals surface area contributed by atoms with E-state index in [4.69, 9.17) is 0 Å². The van der Waals surface area contributed by atoms with E-state index in [1.807, 2.05) is 18.2 Å². The number of hydrogen-bond acceptors (Lipinski definition) is 4. The number of anilines is 1. The second kappa shape index (κ2) is 6.91. The first kappa shape index (κ1) is 14.3. The lowest BCUT2D eigenvalue weighted by molar-refractivity contribution is 0.0954. The van der Waals surface area contributed by atoms with Gasteiger partial charge in [0, 0.05) is 24.8 Å². The summed E-state index contributed by atoms with van der Waals surface area (Å²) in [7, 11) is 0. The van der Waals surface area contributed by atoms with Crippen molar-refractivity contribution < 1.29 is 9.90 Å². The number of nitrogens with zero attached hydrogens (tertiary/aromatic N) is 1. The van der Waals surface area contributed by atoms with Crippen LogP contribution in [0.4, 0.5) is 5.82 Å². The van der Waals surface area contributed by atoms with Gasteiger partial charge in [-0.25, -0.2) is 4.98 Å². The average Bonchev–Trinajstić information content (AvgIpc) is 2.47. The molecule has 0 atom stereocenters. The van der Waals surface area contributed by atoms with Crippen LogP contribution in [-0.4, -0.2) is 29.1 Å². The highest BCUT2D eigenvalue weighted by Gasteiger charge is 2.07. The number of hydrogen-bond donors (Lipinski definition) is 3. The summed E-state index contributed by atoms with van der Waals surface area (Å²) in [6.07, 6.45) is 1.70. The zero-order chi connectivity index (χ0) is 14.4. The molecule has 0 unspecified atom stereocenters. The van der Waals surface area contributed by atoms with Crippen molar-refractivity contribution in [3.63, 3.8) is 0 Å². The number of aromatic hydroxyl groups is 1. The third-order valence-electron chi connectivity index (χ3n) is 2.59. The van der Waals surface area contributed by atoms with Crippen molar-refractivity contribution in [3.8, 4) is 5.75 Å². The van der Waals surface area contributed by atoms with Gasteiger partial charge in [-0.3, -0.25) is 4.79 Å². The lowest BCUT2D eigenvalue weighted by Gasteiger charge is -2.08. The van der Waals surface area contributed by atoms with E-state index < -0.39 is 0 Å². The molecule has 0 aliphatic heterocycles. The normalized spacial score (nSPS) is 10.1. The van der Waals surface area contributed by atoms with Crippen molar-refractivity contribution in [2.45, 2.75) is 0 Å². The molecule has 20 heavy (non-hydrogen) atoms. The molecule has 104 valence electrons. The van der Waals surface area contributed by atoms with Crippen molar-refractivity contribution in [2.24, 2.45) is 0 Å². The summed E-state index contributed by atoms with van der Waals surface area (Å²) in [5.74, 6) is 0.586. The number of carbonyl (C=O) groups is 1. The van der Waals surface area contributed by atoms with Gasteiger partial charge in [-0.2, -0.15) is 0 Å². The molecule has 0 radical (unpaired) electrons. The molecule has 2 aromatic rings. The molecule has 2 rings (SSSR count). The van der Waals surface area contributed by atoms with Crippen molar-refractivity contribution in [3.05, 3.63) is 52.6 Å². The zero-order valence-electron chi connectivity index (χ0n) is 10.6. The van der Waals surface area contributed by atoms with Gasteiger partial charge in [0.05, 0.1) is 4.47 Å². The number of carbonyl (C=O) groups excluding carboxylic acids is 1. The molecule has 3 N–H and O–H groups in total. The average molecular weight is 336 g/mol. The lowest BCUT2D eigenvalue weighted by atomic mass is 10.2. The molecule has 6 heteroatoms. The predicted molar refractivity (Wildman–Crippen MR) is 80.9 cm³/mol. The molecule has 1 amide bonds. The number of rotatable bonds is 5. The van der Waals surface area contributed by atoms with Crippen LogP contribution < -0.4 is 10.6 Å². The van der Waals surface area contributed by atoms with Crippen LogP contribution in [0.2, 0.25) is 0 Å². The monoisotopic (exact) mass is 335 g/mol. The van der Waals surface area contributed by atoms with Crippen LogP contribution in [-0.2, 0) is 0 Å². The summed E-state index contributed by atoms with van der Waals surface area (Å²) >= 11 is 3.17. The van der Waals surface area contributed by atoms with E-state index in [0.29, 0.717) is 23.1 Å². The molecule has 0 fully saturated rings. The highest BCUT2D eigenvalue weighted by molar-refractivity contribution is 9.10. The van der Waals surface area contributed by atoms with E-state index in [-0.39, 0.29) is 11.7 Å². The molecular formula is C14H14BrN3O2. The van der Waals surface area contributed by atoms with Gasteiger partial charge in [-0.1, -0.05) is 6.07 Å². The number of aromatic nitrogens is 1. The Kier molecular flexibility index (Phi) is 4.95. The van der Waals surface area contributed by atoms with Gasteiger partial charge in [0.1, 0.15) is 11.6 Å². The Bertz CT molecular complexity index is 590. The first-order chi connectivity index (χ1) is 9.66. The van der Waals surface area contributed by atoms with Gasteiger partial charge in [0.2, 0.25) is 0 Å². The molecule has 1 aromatic heterocycles. The van der Waals surface area contributed by atoms with E-state index in [0.717, 1.165) is 5.82 Å². The number of benzene rings is 1. The Balaban J connectivity index is 1.79. The minimum Gasteiger partial charge on any atom is -0.507 e. The second-order valence-corrected chi connectivity index (χ2v) is 4.92. The van der Waals surface area contributed by atoms with Crippen molar-refractivity contribution >= 4 is 27.7 Å². The maximum atomic E-state index is 11.8. The Morgan fingerprint density at radius 2 is 2.10 bits per heavy atom. The summed E-state index contributed by atoms with van der Waals surface area (Å²) in [6.45, 7) is 1.04. The Hall–Kier alpha value is -2.08. The number of halogens is 1. The maximum Gasteiger partial charge on any atom is 0.251 e. The maximum absolute atomic E-state index is 11.8. The van der Waals surface area contributed by atoms with Crippen LogP contribution in [0.5, 0.6) is 5.75 Å². The minimum atomic E-state index is -0.226. The molecule has 0 bridgehead atoms. The van der Waals surface area contributed by atoms with Crippen LogP contribution >= 0.6 is 15.9 Å². The van der Waals surface area contributed by atoms with Crippen LogP contribution in [0.15, 0.2) is 47.1 Å². The third kappa shape index (κ3) is 3.96. The third-order valence-corrected chi connectivity index (χ3v) is 3.26. The molecule has 1 heterocycles. The summed E-state index contributed by atoms with van der Waals surface area (Å²) in [5, 5.41) is 15.4. The number of phenolic OH excluding ortho intramolecular Hbond substituents is 1. The van der Waals surface area contributed by atoms with Crippen LogP contribution in [0.1, 0.15) is 10.4 Å². The fraction of sp³-hybridized carbons (Fsp3) is 0.143. The van der Waals surface area contributed by atoms with Crippen molar-refractivity contribution in [1.29, 1.82) is 0 Å². The Morgan fingerprint density at radius 1 is 1.25 bits per heavy atom. The molecule has 0 saturated heterocycles. The largest absolute Gasteiger partial charge is 0.507 e. The van der Waals surface area contributed by atoms with E-state index >= 15 is 0 Å². The minimum absolute atomic E-state index is 0.0456. The first-order valence-corrected chi connectivity index (χ1v) is 6.88. The van der Waals surface area contributed by atoms with E-state index in [1.165, 1.54) is 6.07 Å². The number of phenols is 1. The van der Waals surface area contributed by atoms with Crippen LogP contribution in [0, 0.1) is 0 Å². The predicted octanol–water partition coefficient (Wildman–Crippen LogP) is 2.39. The summed E-state index contributed by atoms with van der Waals surface area (Å²) in [6, 6.07) is 10.3. The van der Waals surface area contributed by atoms with Gasteiger partial charge < -0.3 is 15.7 Å². The van der Waals surface area contributed by atoms with Gasteiger partial charge in [-0.05, 0) is 46.3 Å². The fourth-order valence-electron chi connectivity index (χ4n) is 1.59. The van der Waals surface area contributed by atoms with Crippen LogP contribution in [0.25, 0.3) is 0 Å². The van der Waals surface area contributed by atoms with Gasteiger partial charge >= 0.3 is 0 Å². The van der Waals surface area contributed by atoms with Gasteiger partial charge in [0.15, 0.2) is 0 Å². The molecule has 1 aromatic carbocycles. The quantitative estimate of drug-likeness (QED) is 0.733. The summed E-state index contributed by atoms with van der Waals surface area (Å²) in [4.78, 5) is 16.0. The molecule has 0 aliphatic carbocycles. The topological polar surface area (TPSA) is 74.2 Å². The van der Waals surface area contributed by atoms with E-state index in [9.17, 15) is 9.90 Å². The number of amides is 1. The molecule has 0 spiro atoms. The second-order valence-electron chi connectivity index (χ2n) is 4.06. The summed E-state index contributed by atoms with van der Waals surface area (Å²) < 4.78 is 0.561. The van der Waals surface area contributed by atoms with Crippen molar-refractivity contribution in [2.75, 3.05) is 18.4 Å². The zero-order valence-corrected chi connectivity index (χ0v) is 12.2. The first-order valence-electron chi connectivity index (χ1n) is 6.08. The highest BCUT2D eigenvalue weighted by atomic mass is 79.9. The Labute approximate surface area is 125 Å². The standard InChI is InChI=1S/C14H14BrN3O2/c15-11-5-4-10(9-12(11)19)14(20)18-8-7-17-13-3-1-2-6-16-13/h1-6,9,19H,7-8H2,(H,16,17)(H,18,20). The molecule has 0 saturated carbocycles. The van der Waals surface area contributed by atoms with E-state index in [2.05, 4.69) is 31.5 Å². The number of pyridine rings is 1. The smallest absolute Gasteiger partial charge is 0.251 e. The van der Waals surface area contributed by atoms with E-state index in [1.54, 1.807) is 18.3 Å². The lowest BCUT2D eigenvalue weighted by Crippen LogP contribution is -2.28. The summed E-state index contributed by atoms with van der Waals surface area (Å²) in [5.41, 5.74) is 0.420. The molecular weight excluding hydrogens is 322 g/mol.